The van der Waals surface area contributed by atoms with Gasteiger partial charge in [-0.25, -0.2) is 9.59 Å². The normalized spacial score (nSPS) is 16.4. The largest absolute Gasteiger partial charge is 0.480 e. The smallest absolute Gasteiger partial charge is 0.417 e. The first-order valence-corrected chi connectivity index (χ1v) is 8.12. The fourth-order valence-electron chi connectivity index (χ4n) is 3.23. The summed E-state index contributed by atoms with van der Waals surface area (Å²) in [5, 5.41) is 36.9. The lowest BCUT2D eigenvalue weighted by Gasteiger charge is -2.32. The summed E-state index contributed by atoms with van der Waals surface area (Å²) in [6.07, 6.45) is -12.3. The van der Waals surface area contributed by atoms with Gasteiger partial charge in [-0.1, -0.05) is 6.07 Å². The number of aliphatic carboxylic acids is 3. The number of benzene rings is 1. The minimum Gasteiger partial charge on any atom is -0.480 e. The molecule has 0 unspecified atom stereocenters. The van der Waals surface area contributed by atoms with Crippen molar-refractivity contribution in [3.63, 3.8) is 0 Å². The lowest BCUT2D eigenvalue weighted by molar-refractivity contribution is -0.164. The van der Waals surface area contributed by atoms with Crippen molar-refractivity contribution < 1.29 is 65.9 Å². The highest BCUT2D eigenvalue weighted by atomic mass is 19.4. The van der Waals surface area contributed by atoms with Gasteiger partial charge in [-0.3, -0.25) is 9.59 Å². The Bertz CT molecular complexity index is 1080. The molecule has 172 valence electrons. The number of aromatic carboxylic acids is 1. The molecule has 4 N–H and O–H groups in total. The zero-order valence-corrected chi connectivity index (χ0v) is 15.2. The lowest BCUT2D eigenvalue weighted by Crippen LogP contribution is -2.46. The molecule has 0 saturated heterocycles. The van der Waals surface area contributed by atoms with Gasteiger partial charge in [0.2, 0.25) is 5.41 Å². The quantitative estimate of drug-likeness (QED) is 0.380. The van der Waals surface area contributed by atoms with Crippen LogP contribution in [0.4, 0.5) is 26.3 Å². The van der Waals surface area contributed by atoms with Crippen molar-refractivity contribution >= 4 is 29.5 Å². The molecule has 0 aromatic heterocycles. The third kappa shape index (κ3) is 4.02. The summed E-state index contributed by atoms with van der Waals surface area (Å²) in [5.41, 5.74) is -12.6. The first-order valence-electron chi connectivity index (χ1n) is 8.12. The van der Waals surface area contributed by atoms with Gasteiger partial charge in [0.1, 0.15) is 0 Å². The van der Waals surface area contributed by atoms with E-state index in [9.17, 15) is 60.8 Å². The van der Waals surface area contributed by atoms with Crippen molar-refractivity contribution in [1.29, 1.82) is 0 Å². The number of rotatable bonds is 5. The number of carbonyl (C=O) groups is 4. The molecule has 1 aliphatic carbocycles. The minimum atomic E-state index is -5.59. The number of carboxylic acid groups (broad SMARTS) is 4. The number of allylic oxidation sites excluding steroid dienone is 3. The maximum atomic E-state index is 13.5. The second kappa shape index (κ2) is 7.69. The van der Waals surface area contributed by atoms with Crippen LogP contribution in [0.2, 0.25) is 0 Å². The zero-order chi connectivity index (χ0) is 24.8. The Hall–Kier alpha value is -3.84. The van der Waals surface area contributed by atoms with E-state index in [0.717, 1.165) is 0 Å². The summed E-state index contributed by atoms with van der Waals surface area (Å²) in [6.45, 7) is 0. The summed E-state index contributed by atoms with van der Waals surface area (Å²) in [6, 6.07) is 1.14. The number of halogens is 6. The van der Waals surface area contributed by atoms with Crippen molar-refractivity contribution in [1.82, 2.24) is 0 Å². The molecule has 0 saturated carbocycles. The van der Waals surface area contributed by atoms with E-state index in [2.05, 4.69) is 0 Å². The van der Waals surface area contributed by atoms with Crippen LogP contribution in [0.25, 0.3) is 5.57 Å². The molecule has 0 bridgehead atoms. The lowest BCUT2D eigenvalue weighted by atomic mass is 9.68. The number of alkyl halides is 6. The molecule has 2 rings (SSSR count). The van der Waals surface area contributed by atoms with Crippen LogP contribution in [0.5, 0.6) is 0 Å². The highest BCUT2D eigenvalue weighted by Crippen LogP contribution is 2.49. The summed E-state index contributed by atoms with van der Waals surface area (Å²) < 4.78 is 80.4. The molecule has 0 heterocycles. The Morgan fingerprint density at radius 2 is 1.34 bits per heavy atom. The maximum absolute atomic E-state index is 13.5. The molecule has 8 nitrogen and oxygen atoms in total. The second-order valence-corrected chi connectivity index (χ2v) is 6.52. The number of carboxylic acids is 4. The molecule has 0 amide bonds. The van der Waals surface area contributed by atoms with E-state index < -0.39 is 81.5 Å². The van der Waals surface area contributed by atoms with Gasteiger partial charge in [0.05, 0.1) is 22.3 Å². The fraction of sp³-hybridized carbons (Fsp3) is 0.222. The van der Waals surface area contributed by atoms with Crippen molar-refractivity contribution in [2.45, 2.75) is 18.8 Å². The molecule has 0 atom stereocenters. The van der Waals surface area contributed by atoms with Crippen LogP contribution in [0, 0.1) is 5.41 Å². The van der Waals surface area contributed by atoms with Crippen LogP contribution >= 0.6 is 0 Å². The highest BCUT2D eigenvalue weighted by molar-refractivity contribution is 6.13. The first-order chi connectivity index (χ1) is 14.4. The van der Waals surface area contributed by atoms with Crippen LogP contribution in [0.3, 0.4) is 0 Å². The third-order valence-electron chi connectivity index (χ3n) is 4.65. The van der Waals surface area contributed by atoms with Gasteiger partial charge in [0.25, 0.3) is 0 Å². The van der Waals surface area contributed by atoms with E-state index in [1.807, 2.05) is 0 Å². The molecule has 1 aromatic rings. The SMILES string of the molecule is O=C(O)C1=C(C(F)(F)F)C=C(c2ccc(C(=O)O)c(C(F)(F)F)c2)CC1(C(=O)O)C(=O)O. The highest BCUT2D eigenvalue weighted by Gasteiger charge is 2.59. The molecule has 0 aliphatic heterocycles. The van der Waals surface area contributed by atoms with E-state index in [-0.39, 0.29) is 12.1 Å². The predicted octanol–water partition coefficient (Wildman–Crippen LogP) is 3.29. The van der Waals surface area contributed by atoms with Crippen molar-refractivity contribution in [3.8, 4) is 0 Å². The van der Waals surface area contributed by atoms with Gasteiger partial charge < -0.3 is 20.4 Å². The predicted molar refractivity (Wildman–Crippen MR) is 89.4 cm³/mol. The standard InChI is InChI=1S/C18H10F6O8/c19-17(20,21)9-3-6(1-2-8(9)12(25)26)7-4-10(18(22,23)24)11(13(27)28)16(5-7,14(29)30)15(31)32/h1-4H,5H2,(H,25,26)(H,27,28)(H,29,30)(H,31,32). The molecule has 14 heteroatoms. The van der Waals surface area contributed by atoms with Crippen molar-refractivity contribution in [2.75, 3.05) is 0 Å². The zero-order valence-electron chi connectivity index (χ0n) is 15.2. The Balaban J connectivity index is 2.95. The Morgan fingerprint density at radius 3 is 1.72 bits per heavy atom. The third-order valence-corrected chi connectivity index (χ3v) is 4.65. The van der Waals surface area contributed by atoms with Gasteiger partial charge in [-0.15, -0.1) is 0 Å². The molecule has 0 fully saturated rings. The summed E-state index contributed by atoms with van der Waals surface area (Å²) >= 11 is 0. The van der Waals surface area contributed by atoms with Crippen molar-refractivity contribution in [3.05, 3.63) is 52.1 Å². The van der Waals surface area contributed by atoms with E-state index >= 15 is 0 Å². The van der Waals surface area contributed by atoms with Gasteiger partial charge in [0, 0.05) is 6.42 Å². The molecule has 0 spiro atoms. The molecular weight excluding hydrogens is 458 g/mol. The number of hydrogen-bond acceptors (Lipinski definition) is 4. The Morgan fingerprint density at radius 1 is 0.812 bits per heavy atom. The Labute approximate surface area is 172 Å². The van der Waals surface area contributed by atoms with Gasteiger partial charge in [-0.2, -0.15) is 26.3 Å². The minimum absolute atomic E-state index is 0.0313. The number of hydrogen-bond donors (Lipinski definition) is 4. The van der Waals surface area contributed by atoms with Crippen molar-refractivity contribution in [2.24, 2.45) is 5.41 Å². The molecule has 1 aromatic carbocycles. The molecule has 1 aliphatic rings. The summed E-state index contributed by atoms with van der Waals surface area (Å²) in [4.78, 5) is 45.9. The van der Waals surface area contributed by atoms with Crippen LogP contribution in [0.1, 0.15) is 27.9 Å². The topological polar surface area (TPSA) is 149 Å². The van der Waals surface area contributed by atoms with Crippen LogP contribution in [0.15, 0.2) is 35.4 Å². The summed E-state index contributed by atoms with van der Waals surface area (Å²) in [5.74, 6) is -9.51. The fourth-order valence-corrected chi connectivity index (χ4v) is 3.23. The van der Waals surface area contributed by atoms with E-state index in [1.54, 1.807) is 0 Å². The van der Waals surface area contributed by atoms with E-state index in [0.29, 0.717) is 12.1 Å². The average Bonchev–Trinajstić information content (AvgIpc) is 2.64. The average molecular weight is 468 g/mol. The second-order valence-electron chi connectivity index (χ2n) is 6.52. The van der Waals surface area contributed by atoms with Gasteiger partial charge in [0.15, 0.2) is 0 Å². The van der Waals surface area contributed by atoms with E-state index in [4.69, 9.17) is 5.11 Å². The monoisotopic (exact) mass is 468 g/mol. The molecule has 0 radical (unpaired) electrons. The molecule has 32 heavy (non-hydrogen) atoms. The van der Waals surface area contributed by atoms with Crippen LogP contribution < -0.4 is 0 Å². The van der Waals surface area contributed by atoms with Crippen LogP contribution in [-0.4, -0.2) is 50.5 Å². The summed E-state index contributed by atoms with van der Waals surface area (Å²) in [7, 11) is 0. The van der Waals surface area contributed by atoms with E-state index in [1.165, 1.54) is 0 Å². The molecular formula is C18H10F6O8. The first kappa shape index (κ1) is 24.4. The van der Waals surface area contributed by atoms with Gasteiger partial charge >= 0.3 is 36.2 Å². The van der Waals surface area contributed by atoms with Gasteiger partial charge in [-0.05, 0) is 29.3 Å². The Kier molecular flexibility index (Phi) is 5.87. The van der Waals surface area contributed by atoms with Crippen LogP contribution in [-0.2, 0) is 20.6 Å². The maximum Gasteiger partial charge on any atom is 0.417 e.